The van der Waals surface area contributed by atoms with Crippen molar-refractivity contribution in [2.75, 3.05) is 14.2 Å². The lowest BCUT2D eigenvalue weighted by Crippen LogP contribution is -2.18. The number of halogens is 1. The number of sulfone groups is 1. The molecule has 0 bridgehead atoms. The molecule has 37 heavy (non-hydrogen) atoms. The number of ether oxygens (including phenoxy) is 2. The minimum Gasteiger partial charge on any atom is -0.495 e. The summed E-state index contributed by atoms with van der Waals surface area (Å²) in [5, 5.41) is 4.19. The predicted molar refractivity (Wildman–Crippen MR) is 133 cm³/mol. The van der Waals surface area contributed by atoms with Gasteiger partial charge < -0.3 is 14.0 Å². The van der Waals surface area contributed by atoms with Gasteiger partial charge in [0.25, 0.3) is 5.56 Å². The highest BCUT2D eigenvalue weighted by atomic mass is 32.2. The van der Waals surface area contributed by atoms with Crippen LogP contribution < -0.4 is 15.0 Å². The molecule has 0 saturated carbocycles. The Morgan fingerprint density at radius 1 is 1.00 bits per heavy atom. The third-order valence-electron chi connectivity index (χ3n) is 5.80. The van der Waals surface area contributed by atoms with Crippen LogP contribution in [0.1, 0.15) is 5.69 Å². The van der Waals surface area contributed by atoms with Crippen LogP contribution in [0.15, 0.2) is 87.3 Å². The number of rotatable bonds is 7. The van der Waals surface area contributed by atoms with Crippen molar-refractivity contribution in [1.29, 1.82) is 0 Å². The molecule has 0 atom stereocenters. The van der Waals surface area contributed by atoms with Crippen molar-refractivity contribution >= 4 is 20.7 Å². The molecule has 188 valence electrons. The second-order valence-corrected chi connectivity index (χ2v) is 10.1. The monoisotopic (exact) mass is 521 g/mol. The minimum atomic E-state index is -3.72. The van der Waals surface area contributed by atoms with Crippen LogP contribution in [0.3, 0.4) is 0 Å². The Morgan fingerprint density at radius 2 is 1.84 bits per heavy atom. The highest BCUT2D eigenvalue weighted by molar-refractivity contribution is 7.90. The lowest BCUT2D eigenvalue weighted by Gasteiger charge is -2.16. The normalized spacial score (nSPS) is 11.5. The summed E-state index contributed by atoms with van der Waals surface area (Å²) in [6.07, 6.45) is 2.36. The van der Waals surface area contributed by atoms with Crippen LogP contribution in [-0.2, 0) is 15.6 Å². The number of benzene rings is 2. The Kier molecular flexibility index (Phi) is 6.22. The van der Waals surface area contributed by atoms with Gasteiger partial charge in [-0.05, 0) is 48.0 Å². The van der Waals surface area contributed by atoms with E-state index in [4.69, 9.17) is 14.0 Å². The molecular formula is C26H20FN3O6S. The van der Waals surface area contributed by atoms with E-state index in [9.17, 15) is 17.6 Å². The minimum absolute atomic E-state index is 0.0736. The fraction of sp³-hybridized carbons (Fsp3) is 0.115. The highest BCUT2D eigenvalue weighted by Gasteiger charge is 2.20. The number of hydrogen-bond donors (Lipinski definition) is 0. The number of aromatic nitrogens is 3. The standard InChI is InChI=1S/C26H20FN3O6S/c1-34-24-7-3-16(21-13-18(27)14-28-26(21)35-2)12-23(24)30-22-6-5-20(11-17(22)4-8-25(30)31)37(32,33)15-19-9-10-36-29-19/h3-14H,15H2,1-2H3. The molecule has 11 heteroatoms. The zero-order valence-electron chi connectivity index (χ0n) is 19.7. The third kappa shape index (κ3) is 4.56. The molecule has 0 amide bonds. The van der Waals surface area contributed by atoms with Crippen LogP contribution >= 0.6 is 0 Å². The molecule has 0 unspecified atom stereocenters. The lowest BCUT2D eigenvalue weighted by molar-refractivity contribution is 0.397. The van der Waals surface area contributed by atoms with Gasteiger partial charge in [0.15, 0.2) is 9.84 Å². The van der Waals surface area contributed by atoms with Gasteiger partial charge in [0, 0.05) is 23.1 Å². The van der Waals surface area contributed by atoms with Crippen LogP contribution in [0.2, 0.25) is 0 Å². The van der Waals surface area contributed by atoms with Crippen molar-refractivity contribution in [3.8, 4) is 28.4 Å². The summed E-state index contributed by atoms with van der Waals surface area (Å²) in [6.45, 7) is 0. The zero-order valence-corrected chi connectivity index (χ0v) is 20.5. The molecule has 3 aromatic heterocycles. The molecule has 0 N–H and O–H groups in total. The number of methoxy groups -OCH3 is 2. The maximum Gasteiger partial charge on any atom is 0.255 e. The van der Waals surface area contributed by atoms with E-state index in [0.29, 0.717) is 33.5 Å². The van der Waals surface area contributed by atoms with E-state index in [1.165, 1.54) is 55.4 Å². The van der Waals surface area contributed by atoms with Gasteiger partial charge in [0.1, 0.15) is 23.6 Å². The van der Waals surface area contributed by atoms with E-state index in [2.05, 4.69) is 10.1 Å². The molecule has 0 aliphatic carbocycles. The molecule has 3 heterocycles. The van der Waals surface area contributed by atoms with Gasteiger partial charge in [0.2, 0.25) is 5.88 Å². The fourth-order valence-corrected chi connectivity index (χ4v) is 5.37. The number of fused-ring (bicyclic) bond motifs is 1. The summed E-state index contributed by atoms with van der Waals surface area (Å²) in [7, 11) is -0.827. The van der Waals surface area contributed by atoms with Gasteiger partial charge in [-0.15, -0.1) is 0 Å². The van der Waals surface area contributed by atoms with Gasteiger partial charge in [-0.25, -0.2) is 17.8 Å². The Hall–Kier alpha value is -4.51. The van der Waals surface area contributed by atoms with Crippen molar-refractivity contribution in [3.05, 3.63) is 95.0 Å². The summed E-state index contributed by atoms with van der Waals surface area (Å²) >= 11 is 0. The molecule has 0 saturated heterocycles. The van der Waals surface area contributed by atoms with E-state index in [0.717, 1.165) is 6.20 Å². The summed E-state index contributed by atoms with van der Waals surface area (Å²) in [4.78, 5) is 17.1. The van der Waals surface area contributed by atoms with E-state index < -0.39 is 15.7 Å². The van der Waals surface area contributed by atoms with Gasteiger partial charge in [-0.3, -0.25) is 9.36 Å². The van der Waals surface area contributed by atoms with Crippen LogP contribution in [0.25, 0.3) is 27.7 Å². The van der Waals surface area contributed by atoms with Crippen LogP contribution in [0.4, 0.5) is 4.39 Å². The molecular weight excluding hydrogens is 501 g/mol. The van der Waals surface area contributed by atoms with E-state index in [1.807, 2.05) is 0 Å². The molecule has 2 aromatic carbocycles. The van der Waals surface area contributed by atoms with Crippen LogP contribution in [-0.4, -0.2) is 37.3 Å². The Labute approximate surface area is 210 Å². The van der Waals surface area contributed by atoms with Crippen LogP contribution in [0.5, 0.6) is 11.6 Å². The van der Waals surface area contributed by atoms with Gasteiger partial charge in [-0.2, -0.15) is 0 Å². The summed E-state index contributed by atoms with van der Waals surface area (Å²) in [5.74, 6) is -0.280. The average Bonchev–Trinajstić information content (AvgIpc) is 3.40. The summed E-state index contributed by atoms with van der Waals surface area (Å²) < 4.78 is 56.8. The van der Waals surface area contributed by atoms with E-state index in [-0.39, 0.29) is 27.8 Å². The summed E-state index contributed by atoms with van der Waals surface area (Å²) in [6, 6.07) is 15.2. The summed E-state index contributed by atoms with van der Waals surface area (Å²) in [5.41, 5.74) is 1.67. The number of pyridine rings is 2. The molecule has 0 radical (unpaired) electrons. The number of nitrogens with zero attached hydrogens (tertiary/aromatic N) is 3. The SMILES string of the molecule is COc1ccc(-c2cc(F)cnc2OC)cc1-n1c(=O)ccc2cc(S(=O)(=O)Cc3ccon3)ccc21. The first-order valence-corrected chi connectivity index (χ1v) is 12.6. The molecule has 9 nitrogen and oxygen atoms in total. The average molecular weight is 522 g/mol. The number of hydrogen-bond acceptors (Lipinski definition) is 8. The van der Waals surface area contributed by atoms with Crippen molar-refractivity contribution in [2.24, 2.45) is 0 Å². The Bertz CT molecular complexity index is 1780. The predicted octanol–water partition coefficient (Wildman–Crippen LogP) is 4.17. The lowest BCUT2D eigenvalue weighted by atomic mass is 10.0. The maximum absolute atomic E-state index is 14.0. The molecule has 0 fully saturated rings. The van der Waals surface area contributed by atoms with E-state index >= 15 is 0 Å². The highest BCUT2D eigenvalue weighted by Crippen LogP contribution is 2.34. The zero-order chi connectivity index (χ0) is 26.2. The fourth-order valence-electron chi connectivity index (χ4n) is 4.08. The van der Waals surface area contributed by atoms with E-state index in [1.54, 1.807) is 30.3 Å². The first kappa shape index (κ1) is 24.2. The van der Waals surface area contributed by atoms with Crippen molar-refractivity contribution in [1.82, 2.24) is 14.7 Å². The first-order valence-electron chi connectivity index (χ1n) is 11.0. The largest absolute Gasteiger partial charge is 0.495 e. The van der Waals surface area contributed by atoms with Gasteiger partial charge >= 0.3 is 0 Å². The molecule has 0 aliphatic rings. The smallest absolute Gasteiger partial charge is 0.255 e. The molecule has 0 spiro atoms. The topological polar surface area (TPSA) is 114 Å². The first-order chi connectivity index (χ1) is 17.8. The second-order valence-electron chi connectivity index (χ2n) is 8.07. The van der Waals surface area contributed by atoms with Crippen molar-refractivity contribution in [3.63, 3.8) is 0 Å². The Morgan fingerprint density at radius 3 is 2.57 bits per heavy atom. The van der Waals surface area contributed by atoms with Gasteiger partial charge in [-0.1, -0.05) is 11.2 Å². The maximum atomic E-state index is 14.0. The quantitative estimate of drug-likeness (QED) is 0.314. The Balaban J connectivity index is 1.68. The molecule has 5 aromatic rings. The van der Waals surface area contributed by atoms with Gasteiger partial charge in [0.05, 0.1) is 42.2 Å². The van der Waals surface area contributed by atoms with Crippen molar-refractivity contribution in [2.45, 2.75) is 10.6 Å². The van der Waals surface area contributed by atoms with Crippen molar-refractivity contribution < 1.29 is 26.8 Å². The third-order valence-corrected chi connectivity index (χ3v) is 7.44. The van der Waals surface area contributed by atoms with Crippen LogP contribution in [0, 0.1) is 5.82 Å². The molecule has 0 aliphatic heterocycles. The second kappa shape index (κ2) is 9.51. The molecule has 5 rings (SSSR count).